The Kier molecular flexibility index (Phi) is 3.59. The Morgan fingerprint density at radius 3 is 2.61 bits per heavy atom. The number of benzene rings is 1. The minimum absolute atomic E-state index is 0.113. The van der Waals surface area contributed by atoms with Gasteiger partial charge < -0.3 is 9.69 Å². The number of halogens is 3. The van der Waals surface area contributed by atoms with Crippen molar-refractivity contribution in [2.24, 2.45) is 0 Å². The number of carbonyl (C=O) groups is 1. The topological polar surface area (TPSA) is 20.3 Å². The van der Waals surface area contributed by atoms with E-state index in [0.29, 0.717) is 13.0 Å². The number of carbonyl (C=O) groups excluding carboxylic acids is 1. The summed E-state index contributed by atoms with van der Waals surface area (Å²) in [5.41, 5.74) is -0.555. The normalized spacial score (nSPS) is 20.8. The smallest absolute Gasteiger partial charge is 0.361 e. The Hall–Kier alpha value is -1.52. The van der Waals surface area contributed by atoms with E-state index in [9.17, 15) is 18.0 Å². The van der Waals surface area contributed by atoms with E-state index in [2.05, 4.69) is 0 Å². The Morgan fingerprint density at radius 2 is 1.94 bits per heavy atom. The molecule has 2 nitrogen and oxygen atoms in total. The van der Waals surface area contributed by atoms with E-state index in [1.165, 1.54) is 12.1 Å². The van der Waals surface area contributed by atoms with Gasteiger partial charge in [-0.1, -0.05) is 12.1 Å². The zero-order valence-electron chi connectivity index (χ0n) is 9.78. The second-order valence-electron chi connectivity index (χ2n) is 4.41. The summed E-state index contributed by atoms with van der Waals surface area (Å²) >= 11 is 0. The highest BCUT2D eigenvalue weighted by Crippen LogP contribution is 2.38. The van der Waals surface area contributed by atoms with E-state index in [1.807, 2.05) is 0 Å². The zero-order chi connectivity index (χ0) is 13.2. The van der Waals surface area contributed by atoms with Crippen LogP contribution in [0.4, 0.5) is 18.9 Å². The molecule has 0 spiro atoms. The highest BCUT2D eigenvalue weighted by Gasteiger charge is 2.36. The largest absolute Gasteiger partial charge is 0.418 e. The van der Waals surface area contributed by atoms with Gasteiger partial charge in [0, 0.05) is 12.2 Å². The summed E-state index contributed by atoms with van der Waals surface area (Å²) in [6.45, 7) is 0.497. The molecule has 1 saturated heterocycles. The molecule has 0 aromatic heterocycles. The second kappa shape index (κ2) is 5.00. The first kappa shape index (κ1) is 12.9. The summed E-state index contributed by atoms with van der Waals surface area (Å²) in [5.74, 6) is 0. The molecule has 1 aliphatic rings. The van der Waals surface area contributed by atoms with Gasteiger partial charge in [-0.05, 0) is 31.4 Å². The molecule has 98 valence electrons. The van der Waals surface area contributed by atoms with E-state index < -0.39 is 17.8 Å². The lowest BCUT2D eigenvalue weighted by Crippen LogP contribution is -2.41. The molecule has 18 heavy (non-hydrogen) atoms. The second-order valence-corrected chi connectivity index (χ2v) is 4.41. The monoisotopic (exact) mass is 257 g/mol. The van der Waals surface area contributed by atoms with Gasteiger partial charge in [0.15, 0.2) is 0 Å². The van der Waals surface area contributed by atoms with Crippen LogP contribution in [0.1, 0.15) is 24.8 Å². The molecule has 5 heteroatoms. The van der Waals surface area contributed by atoms with Crippen molar-refractivity contribution in [1.29, 1.82) is 0 Å². The molecule has 0 saturated carbocycles. The average molecular weight is 257 g/mol. The van der Waals surface area contributed by atoms with E-state index in [4.69, 9.17) is 0 Å². The maximum atomic E-state index is 12.9. The third kappa shape index (κ3) is 2.49. The lowest BCUT2D eigenvalue weighted by atomic mass is 10.0. The van der Waals surface area contributed by atoms with Crippen molar-refractivity contribution in [3.63, 3.8) is 0 Å². The Balaban J connectivity index is 2.40. The van der Waals surface area contributed by atoms with Crippen LogP contribution >= 0.6 is 0 Å². The molecule has 1 aliphatic heterocycles. The van der Waals surface area contributed by atoms with Crippen LogP contribution in [-0.4, -0.2) is 18.9 Å². The van der Waals surface area contributed by atoms with Gasteiger partial charge in [0.1, 0.15) is 6.29 Å². The molecule has 1 atom stereocenters. The van der Waals surface area contributed by atoms with E-state index in [1.54, 1.807) is 11.0 Å². The van der Waals surface area contributed by atoms with E-state index in [-0.39, 0.29) is 5.69 Å². The molecule has 1 aromatic rings. The van der Waals surface area contributed by atoms with Crippen LogP contribution in [-0.2, 0) is 11.0 Å². The molecule has 0 bridgehead atoms. The molecular formula is C13H14F3NO. The summed E-state index contributed by atoms with van der Waals surface area (Å²) in [6, 6.07) is 4.99. The number of para-hydroxylation sites is 1. The number of alkyl halides is 3. The van der Waals surface area contributed by atoms with Gasteiger partial charge in [0.25, 0.3) is 0 Å². The van der Waals surface area contributed by atoms with Gasteiger partial charge in [0.05, 0.1) is 11.6 Å². The maximum absolute atomic E-state index is 12.9. The van der Waals surface area contributed by atoms with Crippen LogP contribution in [0.25, 0.3) is 0 Å². The van der Waals surface area contributed by atoms with Gasteiger partial charge in [-0.15, -0.1) is 0 Å². The summed E-state index contributed by atoms with van der Waals surface area (Å²) < 4.78 is 38.8. The predicted molar refractivity (Wildman–Crippen MR) is 62.5 cm³/mol. The fourth-order valence-corrected chi connectivity index (χ4v) is 2.36. The number of aldehydes is 1. The van der Waals surface area contributed by atoms with Crippen LogP contribution in [0, 0.1) is 0 Å². The number of nitrogens with zero attached hydrogens (tertiary/aromatic N) is 1. The summed E-state index contributed by atoms with van der Waals surface area (Å²) in [4.78, 5) is 12.6. The standard InChI is InChI=1S/C13H14F3NO/c14-13(15,16)11-6-1-2-7-12(11)17-8-4-3-5-10(17)9-18/h1-2,6-7,9-10H,3-5,8H2. The van der Waals surface area contributed by atoms with Crippen LogP contribution in [0.15, 0.2) is 24.3 Å². The molecule has 0 amide bonds. The summed E-state index contributed by atoms with van der Waals surface area (Å²) in [7, 11) is 0. The van der Waals surface area contributed by atoms with Gasteiger partial charge in [-0.25, -0.2) is 0 Å². The molecule has 1 heterocycles. The van der Waals surface area contributed by atoms with E-state index >= 15 is 0 Å². The van der Waals surface area contributed by atoms with Crippen LogP contribution in [0.5, 0.6) is 0 Å². The molecule has 0 radical (unpaired) electrons. The third-order valence-corrected chi connectivity index (χ3v) is 3.23. The quantitative estimate of drug-likeness (QED) is 0.758. The SMILES string of the molecule is O=CC1CCCCN1c1ccccc1C(F)(F)F. The molecule has 1 aromatic carbocycles. The van der Waals surface area contributed by atoms with E-state index in [0.717, 1.165) is 25.2 Å². The average Bonchev–Trinajstić information content (AvgIpc) is 2.37. The fourth-order valence-electron chi connectivity index (χ4n) is 2.36. The summed E-state index contributed by atoms with van der Waals surface area (Å²) in [6.07, 6.45) is -1.33. The third-order valence-electron chi connectivity index (χ3n) is 3.23. The van der Waals surface area contributed by atoms with Crippen molar-refractivity contribution in [2.75, 3.05) is 11.4 Å². The van der Waals surface area contributed by atoms with Crippen molar-refractivity contribution >= 4 is 12.0 Å². The number of piperidine rings is 1. The zero-order valence-corrected chi connectivity index (χ0v) is 9.78. The number of rotatable bonds is 2. The predicted octanol–water partition coefficient (Wildman–Crippen LogP) is 3.26. The van der Waals surface area contributed by atoms with Crippen LogP contribution in [0.2, 0.25) is 0 Å². The van der Waals surface area contributed by atoms with Crippen molar-refractivity contribution in [2.45, 2.75) is 31.5 Å². The first-order valence-electron chi connectivity index (χ1n) is 5.92. The highest BCUT2D eigenvalue weighted by molar-refractivity contribution is 5.68. The lowest BCUT2D eigenvalue weighted by molar-refractivity contribution is -0.137. The molecular weight excluding hydrogens is 243 g/mol. The molecule has 1 fully saturated rings. The number of anilines is 1. The Labute approximate surface area is 103 Å². The summed E-state index contributed by atoms with van der Waals surface area (Å²) in [5, 5.41) is 0. The highest BCUT2D eigenvalue weighted by atomic mass is 19.4. The molecule has 2 rings (SSSR count). The van der Waals surface area contributed by atoms with Crippen LogP contribution in [0.3, 0.4) is 0 Å². The Bertz CT molecular complexity index is 430. The number of hydrogen-bond acceptors (Lipinski definition) is 2. The van der Waals surface area contributed by atoms with Gasteiger partial charge in [-0.2, -0.15) is 13.2 Å². The van der Waals surface area contributed by atoms with Gasteiger partial charge >= 0.3 is 6.18 Å². The van der Waals surface area contributed by atoms with Crippen molar-refractivity contribution in [3.05, 3.63) is 29.8 Å². The number of hydrogen-bond donors (Lipinski definition) is 0. The lowest BCUT2D eigenvalue weighted by Gasteiger charge is -2.35. The first-order chi connectivity index (χ1) is 8.54. The first-order valence-corrected chi connectivity index (χ1v) is 5.92. The molecule has 1 unspecified atom stereocenters. The van der Waals surface area contributed by atoms with Gasteiger partial charge in [-0.3, -0.25) is 0 Å². The maximum Gasteiger partial charge on any atom is 0.418 e. The molecule has 0 aliphatic carbocycles. The minimum Gasteiger partial charge on any atom is -0.361 e. The fraction of sp³-hybridized carbons (Fsp3) is 0.462. The van der Waals surface area contributed by atoms with Crippen molar-refractivity contribution in [1.82, 2.24) is 0 Å². The van der Waals surface area contributed by atoms with Crippen molar-refractivity contribution < 1.29 is 18.0 Å². The molecule has 0 N–H and O–H groups in total. The van der Waals surface area contributed by atoms with Gasteiger partial charge in [0.2, 0.25) is 0 Å². The van der Waals surface area contributed by atoms with Crippen LogP contribution < -0.4 is 4.90 Å². The minimum atomic E-state index is -4.39. The van der Waals surface area contributed by atoms with Crippen molar-refractivity contribution in [3.8, 4) is 0 Å². The Morgan fingerprint density at radius 1 is 1.22 bits per heavy atom.